The molecule has 0 radical (unpaired) electrons. The van der Waals surface area contributed by atoms with Gasteiger partial charge in [0.15, 0.2) is 0 Å². The Kier molecular flexibility index (Phi) is 41.3. The first-order chi connectivity index (χ1) is 27.5. The summed E-state index contributed by atoms with van der Waals surface area (Å²) >= 11 is 0. The zero-order chi connectivity index (χ0) is 41.0. The van der Waals surface area contributed by atoms with Crippen molar-refractivity contribution in [2.75, 3.05) is 6.61 Å². The molecule has 0 aliphatic rings. The second-order valence-electron chi connectivity index (χ2n) is 15.5. The Hall–Kier alpha value is -2.70. The maximum absolute atomic E-state index is 13.1. The molecule has 0 aromatic rings. The van der Waals surface area contributed by atoms with Gasteiger partial charge < -0.3 is 20.3 Å². The van der Waals surface area contributed by atoms with E-state index in [1.165, 1.54) is 96.3 Å². The summed E-state index contributed by atoms with van der Waals surface area (Å²) in [7, 11) is 0. The quantitative estimate of drug-likeness (QED) is 0.0327. The zero-order valence-corrected chi connectivity index (χ0v) is 36.5. The highest BCUT2D eigenvalue weighted by Gasteiger charge is 2.24. The summed E-state index contributed by atoms with van der Waals surface area (Å²) in [6.45, 7) is 6.26. The third-order valence-corrected chi connectivity index (χ3v) is 10.1. The number of carbonyl (C=O) groups is 2. The molecule has 0 spiro atoms. The Balaban J connectivity index is 4.68. The van der Waals surface area contributed by atoms with E-state index in [1.807, 2.05) is 36.5 Å². The van der Waals surface area contributed by atoms with Crippen molar-refractivity contribution in [2.45, 2.75) is 225 Å². The third-order valence-electron chi connectivity index (χ3n) is 10.1. The Morgan fingerprint density at radius 1 is 0.536 bits per heavy atom. The van der Waals surface area contributed by atoms with Crippen molar-refractivity contribution in [1.29, 1.82) is 0 Å². The second-order valence-corrected chi connectivity index (χ2v) is 15.5. The van der Waals surface area contributed by atoms with Crippen LogP contribution in [-0.2, 0) is 14.3 Å². The molecule has 6 heteroatoms. The smallest absolute Gasteiger partial charge is 0.306 e. The molecule has 0 heterocycles. The van der Waals surface area contributed by atoms with Gasteiger partial charge in [-0.3, -0.25) is 9.59 Å². The highest BCUT2D eigenvalue weighted by molar-refractivity contribution is 5.77. The van der Waals surface area contributed by atoms with Crippen molar-refractivity contribution >= 4 is 11.9 Å². The zero-order valence-electron chi connectivity index (χ0n) is 36.5. The van der Waals surface area contributed by atoms with E-state index in [4.69, 9.17) is 4.74 Å². The highest BCUT2D eigenvalue weighted by atomic mass is 16.5. The Labute approximate surface area is 345 Å². The maximum atomic E-state index is 13.1. The van der Waals surface area contributed by atoms with E-state index in [0.29, 0.717) is 19.3 Å². The monoisotopic (exact) mass is 782 g/mol. The standard InChI is InChI=1S/C50H87NO5/c1-4-7-10-13-16-19-22-23-24-25-28-31-34-37-40-43-50(55)56-46(41-38-35-32-29-26-20-17-14-11-8-5-2)44-49(54)51-47(45-52)48(53)42-39-36-33-30-27-21-18-15-12-9-6-3/h8,11,14,16-17,19-20,22-23,26,29,32,46-48,52-53H,4-7,9-10,12-13,15,18,21,24-25,27-28,30-31,33-45H2,1-3H3,(H,51,54)/b11-8+,17-14+,19-16+,23-22+,26-20-,32-29-. The van der Waals surface area contributed by atoms with Gasteiger partial charge in [-0.25, -0.2) is 0 Å². The van der Waals surface area contributed by atoms with Gasteiger partial charge >= 0.3 is 5.97 Å². The van der Waals surface area contributed by atoms with Gasteiger partial charge in [-0.2, -0.15) is 0 Å². The van der Waals surface area contributed by atoms with Crippen LogP contribution in [0.3, 0.4) is 0 Å². The maximum Gasteiger partial charge on any atom is 0.306 e. The van der Waals surface area contributed by atoms with E-state index in [-0.39, 0.29) is 24.9 Å². The van der Waals surface area contributed by atoms with E-state index >= 15 is 0 Å². The van der Waals surface area contributed by atoms with Crippen LogP contribution < -0.4 is 5.32 Å². The van der Waals surface area contributed by atoms with Gasteiger partial charge in [0.25, 0.3) is 0 Å². The van der Waals surface area contributed by atoms with E-state index in [0.717, 1.165) is 64.2 Å². The molecule has 3 atom stereocenters. The van der Waals surface area contributed by atoms with Crippen LogP contribution in [0.4, 0.5) is 0 Å². The number of rotatable bonds is 40. The lowest BCUT2D eigenvalue weighted by atomic mass is 10.0. The van der Waals surface area contributed by atoms with Crippen molar-refractivity contribution in [3.05, 3.63) is 72.9 Å². The van der Waals surface area contributed by atoms with Crippen molar-refractivity contribution < 1.29 is 24.5 Å². The van der Waals surface area contributed by atoms with Gasteiger partial charge in [-0.1, -0.05) is 203 Å². The number of hydrogen-bond acceptors (Lipinski definition) is 5. The second kappa shape index (κ2) is 43.4. The van der Waals surface area contributed by atoms with Crippen LogP contribution in [-0.4, -0.2) is 46.9 Å². The lowest BCUT2D eigenvalue weighted by Gasteiger charge is -2.24. The molecule has 3 unspecified atom stereocenters. The van der Waals surface area contributed by atoms with Gasteiger partial charge in [0.2, 0.25) is 5.91 Å². The van der Waals surface area contributed by atoms with Crippen LogP contribution >= 0.6 is 0 Å². The molecule has 0 saturated carbocycles. The largest absolute Gasteiger partial charge is 0.462 e. The Morgan fingerprint density at radius 2 is 0.982 bits per heavy atom. The molecule has 0 aliphatic carbocycles. The number of carbonyl (C=O) groups excluding carboxylic acids is 2. The molecule has 3 N–H and O–H groups in total. The molecule has 0 aliphatic heterocycles. The molecule has 0 bridgehead atoms. The first-order valence-corrected chi connectivity index (χ1v) is 23.2. The van der Waals surface area contributed by atoms with Gasteiger partial charge in [0.1, 0.15) is 6.10 Å². The first kappa shape index (κ1) is 53.3. The molecule has 0 aromatic carbocycles. The Morgan fingerprint density at radius 3 is 1.55 bits per heavy atom. The van der Waals surface area contributed by atoms with Crippen molar-refractivity contribution in [1.82, 2.24) is 5.32 Å². The SMILES string of the molecule is CC/C=C/C=C/C=C\C=C/CCCC(CC(=O)NC(CO)C(O)CCCCCCCCCCCCC)OC(=O)CCCCCCCC/C=C/C=C/CCCCC. The van der Waals surface area contributed by atoms with Crippen molar-refractivity contribution in [3.8, 4) is 0 Å². The molecule has 1 amide bonds. The van der Waals surface area contributed by atoms with Crippen LogP contribution in [0, 0.1) is 0 Å². The first-order valence-electron chi connectivity index (χ1n) is 23.2. The summed E-state index contributed by atoms with van der Waals surface area (Å²) in [5, 5.41) is 23.6. The van der Waals surface area contributed by atoms with E-state index in [2.05, 4.69) is 62.5 Å². The van der Waals surface area contributed by atoms with E-state index in [9.17, 15) is 19.8 Å². The minimum atomic E-state index is -0.807. The minimum Gasteiger partial charge on any atom is -0.462 e. The lowest BCUT2D eigenvalue weighted by molar-refractivity contribution is -0.151. The minimum absolute atomic E-state index is 0.0240. The summed E-state index contributed by atoms with van der Waals surface area (Å²) in [4.78, 5) is 26.0. The van der Waals surface area contributed by atoms with Gasteiger partial charge in [-0.05, 0) is 64.2 Å². The van der Waals surface area contributed by atoms with Gasteiger partial charge in [0.05, 0.1) is 25.2 Å². The summed E-state index contributed by atoms with van der Waals surface area (Å²) in [5.74, 6) is -0.562. The molecule has 0 rings (SSSR count). The van der Waals surface area contributed by atoms with Crippen LogP contribution in [0.2, 0.25) is 0 Å². The number of aliphatic hydroxyl groups is 2. The fraction of sp³-hybridized carbons (Fsp3) is 0.720. The lowest BCUT2D eigenvalue weighted by Crippen LogP contribution is -2.46. The summed E-state index contributed by atoms with van der Waals surface area (Å²) in [5.41, 5.74) is 0. The van der Waals surface area contributed by atoms with Crippen molar-refractivity contribution in [2.24, 2.45) is 0 Å². The fourth-order valence-electron chi connectivity index (χ4n) is 6.61. The number of hydrogen-bond donors (Lipinski definition) is 3. The van der Waals surface area contributed by atoms with Gasteiger partial charge in [0, 0.05) is 6.42 Å². The summed E-state index contributed by atoms with van der Waals surface area (Å²) < 4.78 is 5.86. The van der Waals surface area contributed by atoms with Crippen LogP contribution in [0.25, 0.3) is 0 Å². The molecule has 0 aromatic heterocycles. The topological polar surface area (TPSA) is 95.9 Å². The number of nitrogens with one attached hydrogen (secondary N) is 1. The number of allylic oxidation sites excluding steroid dienone is 12. The number of aliphatic hydroxyl groups excluding tert-OH is 2. The predicted octanol–water partition coefficient (Wildman–Crippen LogP) is 13.4. The molecule has 0 saturated heterocycles. The number of ether oxygens (including phenoxy) is 1. The predicted molar refractivity (Wildman–Crippen MR) is 241 cm³/mol. The number of amides is 1. The number of esters is 1. The molecular formula is C50H87NO5. The average Bonchev–Trinajstić information content (AvgIpc) is 3.19. The Bertz CT molecular complexity index is 1060. The van der Waals surface area contributed by atoms with E-state index < -0.39 is 18.2 Å². The molecule has 0 fully saturated rings. The molecule has 56 heavy (non-hydrogen) atoms. The highest BCUT2D eigenvalue weighted by Crippen LogP contribution is 2.16. The normalized spacial score (nSPS) is 14.0. The molecular weight excluding hydrogens is 695 g/mol. The number of unbranched alkanes of at least 4 members (excludes halogenated alkanes) is 20. The molecule has 6 nitrogen and oxygen atoms in total. The van der Waals surface area contributed by atoms with Gasteiger partial charge in [-0.15, -0.1) is 0 Å². The van der Waals surface area contributed by atoms with Crippen molar-refractivity contribution in [3.63, 3.8) is 0 Å². The van der Waals surface area contributed by atoms with Crippen LogP contribution in [0.15, 0.2) is 72.9 Å². The molecule has 322 valence electrons. The third kappa shape index (κ3) is 38.2. The van der Waals surface area contributed by atoms with Crippen LogP contribution in [0.1, 0.15) is 207 Å². The fourth-order valence-corrected chi connectivity index (χ4v) is 6.61. The summed E-state index contributed by atoms with van der Waals surface area (Å²) in [6, 6.07) is -0.726. The summed E-state index contributed by atoms with van der Waals surface area (Å²) in [6.07, 6.45) is 53.9. The average molecular weight is 782 g/mol. The van der Waals surface area contributed by atoms with Crippen LogP contribution in [0.5, 0.6) is 0 Å². The van der Waals surface area contributed by atoms with E-state index in [1.54, 1.807) is 0 Å².